The van der Waals surface area contributed by atoms with E-state index < -0.39 is 11.8 Å². The number of ether oxygens (including phenoxy) is 2. The van der Waals surface area contributed by atoms with Crippen molar-refractivity contribution in [3.8, 4) is 11.5 Å². The van der Waals surface area contributed by atoms with Crippen LogP contribution in [0.15, 0.2) is 54.1 Å². The molecule has 0 bridgehead atoms. The first kappa shape index (κ1) is 15.6. The number of benzene rings is 2. The van der Waals surface area contributed by atoms with Crippen molar-refractivity contribution in [1.82, 2.24) is 5.43 Å². The first-order valence-electron chi connectivity index (χ1n) is 7.28. The Balaban J connectivity index is 1.99. The lowest BCUT2D eigenvalue weighted by molar-refractivity contribution is -0.117. The van der Waals surface area contributed by atoms with Gasteiger partial charge in [-0.1, -0.05) is 18.2 Å². The maximum Gasteiger partial charge on any atom is 0.282 e. The molecule has 1 N–H and O–H groups in total. The summed E-state index contributed by atoms with van der Waals surface area (Å²) in [6.45, 7) is 0. The second kappa shape index (κ2) is 6.45. The molecule has 24 heavy (non-hydrogen) atoms. The van der Waals surface area contributed by atoms with Gasteiger partial charge in [0.05, 0.1) is 19.9 Å². The summed E-state index contributed by atoms with van der Waals surface area (Å²) in [5.41, 5.74) is 3.78. The van der Waals surface area contributed by atoms with Gasteiger partial charge in [0, 0.05) is 5.56 Å². The number of carbonyl (C=O) groups is 2. The molecule has 0 atom stereocenters. The van der Waals surface area contributed by atoms with Gasteiger partial charge in [0.1, 0.15) is 17.1 Å². The Morgan fingerprint density at radius 1 is 1.00 bits per heavy atom. The van der Waals surface area contributed by atoms with E-state index in [0.29, 0.717) is 22.7 Å². The molecular weight excluding hydrogens is 308 g/mol. The Morgan fingerprint density at radius 3 is 2.42 bits per heavy atom. The SMILES string of the molecule is COc1ccc(OC)c(/C=C2\C(=O)NN(c3ccccc3)C2=O)c1. The van der Waals surface area contributed by atoms with Crippen molar-refractivity contribution < 1.29 is 19.1 Å². The van der Waals surface area contributed by atoms with E-state index in [2.05, 4.69) is 5.43 Å². The molecule has 1 aliphatic heterocycles. The molecule has 1 saturated heterocycles. The molecular formula is C18H16N2O4. The predicted molar refractivity (Wildman–Crippen MR) is 89.6 cm³/mol. The molecule has 3 rings (SSSR count). The van der Waals surface area contributed by atoms with Crippen LogP contribution in [-0.4, -0.2) is 26.0 Å². The number of anilines is 1. The van der Waals surface area contributed by atoms with Crippen LogP contribution >= 0.6 is 0 Å². The lowest BCUT2D eigenvalue weighted by atomic mass is 10.1. The van der Waals surface area contributed by atoms with Gasteiger partial charge in [-0.15, -0.1) is 0 Å². The van der Waals surface area contributed by atoms with Gasteiger partial charge in [-0.05, 0) is 36.4 Å². The third-order valence-corrected chi connectivity index (χ3v) is 3.64. The molecule has 2 amide bonds. The quantitative estimate of drug-likeness (QED) is 0.691. The summed E-state index contributed by atoms with van der Waals surface area (Å²) in [6.07, 6.45) is 1.50. The third kappa shape index (κ3) is 2.81. The smallest absolute Gasteiger partial charge is 0.282 e. The van der Waals surface area contributed by atoms with Crippen LogP contribution in [-0.2, 0) is 9.59 Å². The van der Waals surface area contributed by atoms with Crippen LogP contribution in [0.2, 0.25) is 0 Å². The molecule has 6 heteroatoms. The van der Waals surface area contributed by atoms with Crippen LogP contribution in [0.5, 0.6) is 11.5 Å². The first-order valence-corrected chi connectivity index (χ1v) is 7.28. The van der Waals surface area contributed by atoms with Crippen molar-refractivity contribution in [2.24, 2.45) is 0 Å². The van der Waals surface area contributed by atoms with Crippen molar-refractivity contribution in [3.05, 3.63) is 59.7 Å². The van der Waals surface area contributed by atoms with Gasteiger partial charge in [0.25, 0.3) is 11.8 Å². The van der Waals surface area contributed by atoms with Gasteiger partial charge in [0.2, 0.25) is 0 Å². The number of rotatable bonds is 4. The zero-order valence-corrected chi connectivity index (χ0v) is 13.3. The molecule has 6 nitrogen and oxygen atoms in total. The third-order valence-electron chi connectivity index (χ3n) is 3.64. The molecule has 0 aromatic heterocycles. The molecule has 0 saturated carbocycles. The normalized spacial score (nSPS) is 15.6. The summed E-state index contributed by atoms with van der Waals surface area (Å²) < 4.78 is 10.5. The number of carbonyl (C=O) groups excluding carboxylic acids is 2. The lowest BCUT2D eigenvalue weighted by Crippen LogP contribution is -2.35. The zero-order valence-electron chi connectivity index (χ0n) is 13.3. The minimum absolute atomic E-state index is 0.0328. The predicted octanol–water partition coefficient (Wildman–Crippen LogP) is 2.17. The molecule has 2 aromatic carbocycles. The molecule has 1 aliphatic rings. The molecule has 122 valence electrons. The number of methoxy groups -OCH3 is 2. The molecule has 0 unspecified atom stereocenters. The summed E-state index contributed by atoms with van der Waals surface area (Å²) in [5, 5.41) is 1.22. The summed E-state index contributed by atoms with van der Waals surface area (Å²) >= 11 is 0. The highest BCUT2D eigenvalue weighted by atomic mass is 16.5. The molecule has 1 fully saturated rings. The number of para-hydroxylation sites is 1. The summed E-state index contributed by atoms with van der Waals surface area (Å²) in [4.78, 5) is 24.8. The van der Waals surface area contributed by atoms with Crippen LogP contribution in [0, 0.1) is 0 Å². The summed E-state index contributed by atoms with van der Waals surface area (Å²) in [5.74, 6) is 0.264. The second-order valence-corrected chi connectivity index (χ2v) is 5.08. The van der Waals surface area contributed by atoms with Crippen LogP contribution in [0.4, 0.5) is 5.69 Å². The fourth-order valence-corrected chi connectivity index (χ4v) is 2.42. The maximum atomic E-state index is 12.6. The molecule has 1 heterocycles. The van der Waals surface area contributed by atoms with Crippen molar-refractivity contribution in [3.63, 3.8) is 0 Å². The van der Waals surface area contributed by atoms with Crippen molar-refractivity contribution >= 4 is 23.6 Å². The van der Waals surface area contributed by atoms with E-state index in [1.54, 1.807) is 49.6 Å². The topological polar surface area (TPSA) is 67.9 Å². The van der Waals surface area contributed by atoms with Gasteiger partial charge in [-0.2, -0.15) is 0 Å². The summed E-state index contributed by atoms with van der Waals surface area (Å²) in [6, 6.07) is 14.1. The minimum Gasteiger partial charge on any atom is -0.497 e. The average Bonchev–Trinajstić information content (AvgIpc) is 2.90. The van der Waals surface area contributed by atoms with Crippen molar-refractivity contribution in [2.45, 2.75) is 0 Å². The Kier molecular flexibility index (Phi) is 4.20. The number of hydrazine groups is 1. The van der Waals surface area contributed by atoms with Crippen LogP contribution in [0.3, 0.4) is 0 Å². The van der Waals surface area contributed by atoms with E-state index in [1.807, 2.05) is 6.07 Å². The Morgan fingerprint density at radius 2 is 1.75 bits per heavy atom. The second-order valence-electron chi connectivity index (χ2n) is 5.08. The van der Waals surface area contributed by atoms with E-state index in [4.69, 9.17) is 9.47 Å². The van der Waals surface area contributed by atoms with Crippen LogP contribution in [0.25, 0.3) is 6.08 Å². The van der Waals surface area contributed by atoms with Crippen LogP contribution < -0.4 is 19.9 Å². The number of nitrogens with one attached hydrogen (secondary N) is 1. The highest BCUT2D eigenvalue weighted by Gasteiger charge is 2.34. The van der Waals surface area contributed by atoms with Gasteiger partial charge < -0.3 is 9.47 Å². The van der Waals surface area contributed by atoms with Gasteiger partial charge in [-0.3, -0.25) is 15.0 Å². The minimum atomic E-state index is -0.464. The molecule has 2 aromatic rings. The van der Waals surface area contributed by atoms with E-state index in [-0.39, 0.29) is 5.57 Å². The highest BCUT2D eigenvalue weighted by molar-refractivity contribution is 6.31. The number of amides is 2. The van der Waals surface area contributed by atoms with Crippen molar-refractivity contribution in [2.75, 3.05) is 19.2 Å². The van der Waals surface area contributed by atoms with E-state index in [0.717, 1.165) is 0 Å². The Hall–Kier alpha value is -3.28. The fraction of sp³-hybridized carbons (Fsp3) is 0.111. The Bertz CT molecular complexity index is 815. The monoisotopic (exact) mass is 324 g/mol. The fourth-order valence-electron chi connectivity index (χ4n) is 2.42. The number of hydrogen-bond acceptors (Lipinski definition) is 4. The van der Waals surface area contributed by atoms with Gasteiger partial charge in [-0.25, -0.2) is 5.01 Å². The Labute approximate surface area is 139 Å². The first-order chi connectivity index (χ1) is 11.6. The van der Waals surface area contributed by atoms with Crippen molar-refractivity contribution in [1.29, 1.82) is 0 Å². The van der Waals surface area contributed by atoms with E-state index >= 15 is 0 Å². The lowest BCUT2D eigenvalue weighted by Gasteiger charge is -2.13. The van der Waals surface area contributed by atoms with E-state index in [9.17, 15) is 9.59 Å². The molecule has 0 aliphatic carbocycles. The molecule has 0 radical (unpaired) electrons. The molecule has 0 spiro atoms. The largest absolute Gasteiger partial charge is 0.497 e. The highest BCUT2D eigenvalue weighted by Crippen LogP contribution is 2.28. The summed E-state index contributed by atoms with van der Waals surface area (Å²) in [7, 11) is 3.07. The van der Waals surface area contributed by atoms with Gasteiger partial charge in [0.15, 0.2) is 0 Å². The number of nitrogens with zero attached hydrogens (tertiary/aromatic N) is 1. The zero-order chi connectivity index (χ0) is 17.1. The number of hydrogen-bond donors (Lipinski definition) is 1. The van der Waals surface area contributed by atoms with Crippen LogP contribution in [0.1, 0.15) is 5.56 Å². The maximum absolute atomic E-state index is 12.6. The average molecular weight is 324 g/mol. The van der Waals surface area contributed by atoms with E-state index in [1.165, 1.54) is 18.2 Å². The standard InChI is InChI=1S/C18H16N2O4/c1-23-14-8-9-16(24-2)12(10-14)11-15-17(21)19-20(18(15)22)13-6-4-3-5-7-13/h3-11H,1-2H3,(H,19,21)/b15-11+. The van der Waals surface area contributed by atoms with Gasteiger partial charge >= 0.3 is 0 Å².